The number of rotatable bonds is 8. The summed E-state index contributed by atoms with van der Waals surface area (Å²) in [4.78, 5) is 7.50. The van der Waals surface area contributed by atoms with Crippen LogP contribution in [0.1, 0.15) is 64.1 Å². The van der Waals surface area contributed by atoms with E-state index >= 15 is 0 Å². The summed E-state index contributed by atoms with van der Waals surface area (Å²) < 4.78 is 5.42. The van der Waals surface area contributed by atoms with Crippen molar-refractivity contribution in [2.45, 2.75) is 76.8 Å². The molecule has 2 heterocycles. The van der Waals surface area contributed by atoms with Crippen molar-refractivity contribution in [2.24, 2.45) is 4.99 Å². The fourth-order valence-corrected chi connectivity index (χ4v) is 4.13. The smallest absolute Gasteiger partial charge is 0.191 e. The van der Waals surface area contributed by atoms with Gasteiger partial charge in [0, 0.05) is 44.7 Å². The monoisotopic (exact) mass is 488 g/mol. The number of guanidine groups is 1. The second-order valence-electron chi connectivity index (χ2n) is 7.73. The van der Waals surface area contributed by atoms with E-state index in [1.54, 1.807) is 6.26 Å². The maximum atomic E-state index is 5.42. The highest BCUT2D eigenvalue weighted by Gasteiger charge is 2.27. The van der Waals surface area contributed by atoms with Crippen LogP contribution in [-0.2, 0) is 6.42 Å². The molecule has 1 saturated heterocycles. The number of hydrogen-bond acceptors (Lipinski definition) is 3. The lowest BCUT2D eigenvalue weighted by Crippen LogP contribution is -2.50. The van der Waals surface area contributed by atoms with Crippen molar-refractivity contribution in [3.63, 3.8) is 0 Å². The zero-order chi connectivity index (χ0) is 18.0. The largest absolute Gasteiger partial charge is 0.469 e. The van der Waals surface area contributed by atoms with E-state index in [2.05, 4.69) is 22.5 Å². The summed E-state index contributed by atoms with van der Waals surface area (Å²) in [5.41, 5.74) is 0. The lowest BCUT2D eigenvalue weighted by Gasteiger charge is -2.36. The predicted molar refractivity (Wildman–Crippen MR) is 123 cm³/mol. The van der Waals surface area contributed by atoms with Gasteiger partial charge in [0.2, 0.25) is 0 Å². The molecule has 0 amide bonds. The molecule has 0 unspecified atom stereocenters. The Morgan fingerprint density at radius 2 is 2.00 bits per heavy atom. The highest BCUT2D eigenvalue weighted by molar-refractivity contribution is 14.0. The first-order valence-electron chi connectivity index (χ1n) is 10.7. The van der Waals surface area contributed by atoms with Gasteiger partial charge in [-0.2, -0.15) is 0 Å². The van der Waals surface area contributed by atoms with E-state index in [4.69, 9.17) is 9.41 Å². The van der Waals surface area contributed by atoms with Crippen LogP contribution in [0.25, 0.3) is 0 Å². The molecule has 5 nitrogen and oxygen atoms in total. The van der Waals surface area contributed by atoms with E-state index in [1.807, 2.05) is 12.1 Å². The Morgan fingerprint density at radius 3 is 2.67 bits per heavy atom. The summed E-state index contributed by atoms with van der Waals surface area (Å²) in [5, 5.41) is 7.18. The third-order valence-electron chi connectivity index (χ3n) is 5.74. The first kappa shape index (κ1) is 22.5. The molecule has 154 valence electrons. The first-order valence-corrected chi connectivity index (χ1v) is 10.7. The zero-order valence-corrected chi connectivity index (χ0v) is 19.1. The Morgan fingerprint density at radius 1 is 1.22 bits per heavy atom. The lowest BCUT2D eigenvalue weighted by atomic mass is 10.0. The van der Waals surface area contributed by atoms with Crippen molar-refractivity contribution in [2.75, 3.05) is 26.2 Å². The van der Waals surface area contributed by atoms with Crippen molar-refractivity contribution >= 4 is 29.9 Å². The van der Waals surface area contributed by atoms with E-state index in [0.29, 0.717) is 6.04 Å². The highest BCUT2D eigenvalue weighted by Crippen LogP contribution is 2.26. The van der Waals surface area contributed by atoms with Crippen LogP contribution in [0, 0.1) is 0 Å². The van der Waals surface area contributed by atoms with Crippen molar-refractivity contribution in [3.8, 4) is 0 Å². The summed E-state index contributed by atoms with van der Waals surface area (Å²) in [5.74, 6) is 2.00. The Bertz CT molecular complexity index is 520. The summed E-state index contributed by atoms with van der Waals surface area (Å²) >= 11 is 0. The van der Waals surface area contributed by atoms with Crippen LogP contribution in [-0.4, -0.2) is 49.1 Å². The van der Waals surface area contributed by atoms with E-state index < -0.39 is 0 Å². The minimum Gasteiger partial charge on any atom is -0.469 e. The van der Waals surface area contributed by atoms with E-state index in [0.717, 1.165) is 43.7 Å². The van der Waals surface area contributed by atoms with Crippen molar-refractivity contribution in [1.29, 1.82) is 0 Å². The molecule has 0 aromatic carbocycles. The number of furan rings is 1. The molecule has 2 aliphatic rings. The first-order chi connectivity index (χ1) is 12.8. The third-order valence-corrected chi connectivity index (χ3v) is 5.74. The average Bonchev–Trinajstić information content (AvgIpc) is 3.36. The van der Waals surface area contributed by atoms with Gasteiger partial charge < -0.3 is 20.0 Å². The Balaban J connectivity index is 0.00000261. The quantitative estimate of drug-likeness (QED) is 0.250. The molecule has 6 heteroatoms. The summed E-state index contributed by atoms with van der Waals surface area (Å²) in [6.45, 7) is 6.43. The minimum absolute atomic E-state index is 0. The Labute approximate surface area is 181 Å². The lowest BCUT2D eigenvalue weighted by molar-refractivity contribution is 0.150. The standard InChI is InChI=1S/C21H36N4O.HI/c1-2-3-13-22-21(23-14-10-20-9-6-17-26-20)24-18-11-15-25(16-12-18)19-7-4-5-8-19;/h6,9,17-19H,2-5,7-8,10-16H2,1H3,(H2,22,23,24);1H. The van der Waals surface area contributed by atoms with Gasteiger partial charge in [0.25, 0.3) is 0 Å². The van der Waals surface area contributed by atoms with Crippen LogP contribution in [0.2, 0.25) is 0 Å². The van der Waals surface area contributed by atoms with E-state index in [-0.39, 0.29) is 24.0 Å². The van der Waals surface area contributed by atoms with Crippen molar-refractivity contribution in [1.82, 2.24) is 15.5 Å². The van der Waals surface area contributed by atoms with Crippen molar-refractivity contribution < 1.29 is 4.42 Å². The minimum atomic E-state index is 0. The topological polar surface area (TPSA) is 52.8 Å². The number of halogens is 1. The van der Waals surface area contributed by atoms with Gasteiger partial charge in [0.15, 0.2) is 5.96 Å². The van der Waals surface area contributed by atoms with Crippen LogP contribution in [0.3, 0.4) is 0 Å². The summed E-state index contributed by atoms with van der Waals surface area (Å²) in [6, 6.07) is 5.38. The van der Waals surface area contributed by atoms with E-state index in [9.17, 15) is 0 Å². The van der Waals surface area contributed by atoms with Crippen LogP contribution >= 0.6 is 24.0 Å². The maximum Gasteiger partial charge on any atom is 0.191 e. The molecular formula is C21H37IN4O. The molecule has 1 saturated carbocycles. The number of likely N-dealkylation sites (tertiary alicyclic amines) is 1. The molecule has 1 aromatic heterocycles. The molecule has 27 heavy (non-hydrogen) atoms. The molecule has 1 aromatic rings. The SMILES string of the molecule is CCCCN=C(NCCc1ccco1)NC1CCN(C2CCCC2)CC1.I. The van der Waals surface area contributed by atoms with Gasteiger partial charge in [0.1, 0.15) is 5.76 Å². The Hall–Kier alpha value is -0.760. The van der Waals surface area contributed by atoms with Gasteiger partial charge in [-0.15, -0.1) is 24.0 Å². The van der Waals surface area contributed by atoms with Gasteiger partial charge >= 0.3 is 0 Å². The number of piperidine rings is 1. The van der Waals surface area contributed by atoms with Gasteiger partial charge in [-0.25, -0.2) is 0 Å². The average molecular weight is 488 g/mol. The second-order valence-corrected chi connectivity index (χ2v) is 7.73. The molecule has 3 rings (SSSR count). The highest BCUT2D eigenvalue weighted by atomic mass is 127. The fourth-order valence-electron chi connectivity index (χ4n) is 4.13. The molecule has 2 fully saturated rings. The molecule has 1 aliphatic heterocycles. The molecule has 0 bridgehead atoms. The molecular weight excluding hydrogens is 451 g/mol. The van der Waals surface area contributed by atoms with Crippen LogP contribution in [0.15, 0.2) is 27.8 Å². The second kappa shape index (κ2) is 12.6. The maximum absolute atomic E-state index is 5.42. The van der Waals surface area contributed by atoms with Gasteiger partial charge in [-0.1, -0.05) is 26.2 Å². The molecule has 0 radical (unpaired) electrons. The summed E-state index contributed by atoms with van der Waals surface area (Å²) in [7, 11) is 0. The van der Waals surface area contributed by atoms with E-state index in [1.165, 1.54) is 58.0 Å². The number of unbranched alkanes of at least 4 members (excludes halogenated alkanes) is 1. The zero-order valence-electron chi connectivity index (χ0n) is 16.8. The molecule has 2 N–H and O–H groups in total. The van der Waals surface area contributed by atoms with Crippen LogP contribution in [0.4, 0.5) is 0 Å². The van der Waals surface area contributed by atoms with Gasteiger partial charge in [-0.05, 0) is 44.2 Å². The normalized spacial score (nSPS) is 19.8. The van der Waals surface area contributed by atoms with Crippen LogP contribution < -0.4 is 10.6 Å². The number of hydrogen-bond donors (Lipinski definition) is 2. The third kappa shape index (κ3) is 7.64. The van der Waals surface area contributed by atoms with Gasteiger partial charge in [-0.3, -0.25) is 4.99 Å². The van der Waals surface area contributed by atoms with Crippen molar-refractivity contribution in [3.05, 3.63) is 24.2 Å². The molecule has 0 atom stereocenters. The van der Waals surface area contributed by atoms with Gasteiger partial charge in [0.05, 0.1) is 6.26 Å². The number of aliphatic imine (C=N–C) groups is 1. The molecule has 1 aliphatic carbocycles. The Kier molecular flexibility index (Phi) is 10.6. The fraction of sp³-hybridized carbons (Fsp3) is 0.762. The van der Waals surface area contributed by atoms with Crippen LogP contribution in [0.5, 0.6) is 0 Å². The summed E-state index contributed by atoms with van der Waals surface area (Å²) in [6.07, 6.45) is 13.1. The number of nitrogens with one attached hydrogen (secondary N) is 2. The predicted octanol–water partition coefficient (Wildman–Crippen LogP) is 4.18. The number of nitrogens with zero attached hydrogens (tertiary/aromatic N) is 2. The molecule has 0 spiro atoms.